The predicted octanol–water partition coefficient (Wildman–Crippen LogP) is 4.22. The van der Waals surface area contributed by atoms with E-state index in [1.165, 1.54) is 23.0 Å². The van der Waals surface area contributed by atoms with Gasteiger partial charge in [0.25, 0.3) is 5.56 Å². The van der Waals surface area contributed by atoms with Crippen LogP contribution in [0.15, 0.2) is 53.6 Å². The quantitative estimate of drug-likeness (QED) is 0.693. The number of hydrogen-bond donors (Lipinski definition) is 1. The molecule has 5 nitrogen and oxygen atoms in total. The number of benzene rings is 2. The Morgan fingerprint density at radius 1 is 1.19 bits per heavy atom. The molecule has 1 aromatic heterocycles. The van der Waals surface area contributed by atoms with Crippen molar-refractivity contribution in [1.82, 2.24) is 14.9 Å². The second kappa shape index (κ2) is 8.11. The molecule has 0 radical (unpaired) electrons. The Hall–Kier alpha value is -2.37. The molecule has 1 N–H and O–H groups in total. The standard InChI is InChI=1S/C20H19Cl2N3O2/c1-12(2)18(13-6-4-3-5-7-13)24-17(26)10-25-11-23-19-15(20(25)27)8-14(21)9-16(19)22/h3-9,11-12,18H,10H2,1-2H3,(H,24,26). The number of nitrogens with one attached hydrogen (secondary N) is 1. The second-order valence-electron chi connectivity index (χ2n) is 6.66. The summed E-state index contributed by atoms with van der Waals surface area (Å²) in [5.74, 6) is -0.0747. The first kappa shape index (κ1) is 19.4. The van der Waals surface area contributed by atoms with Gasteiger partial charge in [-0.2, -0.15) is 0 Å². The Balaban J connectivity index is 1.85. The van der Waals surface area contributed by atoms with E-state index in [0.29, 0.717) is 15.6 Å². The van der Waals surface area contributed by atoms with Gasteiger partial charge in [-0.3, -0.25) is 14.2 Å². The topological polar surface area (TPSA) is 64.0 Å². The van der Waals surface area contributed by atoms with E-state index in [9.17, 15) is 9.59 Å². The Morgan fingerprint density at radius 3 is 2.56 bits per heavy atom. The van der Waals surface area contributed by atoms with Gasteiger partial charge in [-0.05, 0) is 23.6 Å². The number of amides is 1. The Morgan fingerprint density at radius 2 is 1.89 bits per heavy atom. The highest BCUT2D eigenvalue weighted by Gasteiger charge is 2.19. The molecule has 2 aromatic carbocycles. The number of carbonyl (C=O) groups excluding carboxylic acids is 1. The fourth-order valence-electron chi connectivity index (χ4n) is 2.98. The molecule has 0 fully saturated rings. The van der Waals surface area contributed by atoms with Crippen LogP contribution in [0.3, 0.4) is 0 Å². The molecular weight excluding hydrogens is 385 g/mol. The van der Waals surface area contributed by atoms with Crippen molar-refractivity contribution in [3.05, 3.63) is 74.8 Å². The van der Waals surface area contributed by atoms with Crippen molar-refractivity contribution in [2.75, 3.05) is 0 Å². The number of carbonyl (C=O) groups is 1. The summed E-state index contributed by atoms with van der Waals surface area (Å²) < 4.78 is 1.26. The Kier molecular flexibility index (Phi) is 5.82. The summed E-state index contributed by atoms with van der Waals surface area (Å²) >= 11 is 12.1. The van der Waals surface area contributed by atoms with Gasteiger partial charge < -0.3 is 5.32 Å². The van der Waals surface area contributed by atoms with Crippen LogP contribution in [0, 0.1) is 5.92 Å². The maximum atomic E-state index is 12.7. The molecule has 0 aliphatic heterocycles. The fourth-order valence-corrected chi connectivity index (χ4v) is 3.52. The number of fused-ring (bicyclic) bond motifs is 1. The van der Waals surface area contributed by atoms with E-state index >= 15 is 0 Å². The third-order valence-electron chi connectivity index (χ3n) is 4.30. The lowest BCUT2D eigenvalue weighted by Crippen LogP contribution is -2.36. The molecule has 0 saturated carbocycles. The maximum Gasteiger partial charge on any atom is 0.261 e. The van der Waals surface area contributed by atoms with Crippen molar-refractivity contribution < 1.29 is 4.79 Å². The van der Waals surface area contributed by atoms with Gasteiger partial charge in [-0.25, -0.2) is 4.98 Å². The molecule has 1 heterocycles. The van der Waals surface area contributed by atoms with Crippen LogP contribution in [0.25, 0.3) is 10.9 Å². The van der Waals surface area contributed by atoms with Crippen LogP contribution in [-0.2, 0) is 11.3 Å². The summed E-state index contributed by atoms with van der Waals surface area (Å²) in [6.07, 6.45) is 1.33. The summed E-state index contributed by atoms with van der Waals surface area (Å²) in [5, 5.41) is 3.93. The zero-order valence-electron chi connectivity index (χ0n) is 14.9. The van der Waals surface area contributed by atoms with Crippen molar-refractivity contribution in [3.63, 3.8) is 0 Å². The maximum absolute atomic E-state index is 12.7. The molecule has 1 atom stereocenters. The number of rotatable bonds is 5. The molecule has 3 aromatic rings. The Labute approximate surface area is 166 Å². The van der Waals surface area contributed by atoms with E-state index < -0.39 is 0 Å². The predicted molar refractivity (Wildman–Crippen MR) is 108 cm³/mol. The van der Waals surface area contributed by atoms with E-state index in [1.807, 2.05) is 44.2 Å². The van der Waals surface area contributed by atoms with Crippen molar-refractivity contribution in [2.45, 2.75) is 26.4 Å². The van der Waals surface area contributed by atoms with Crippen molar-refractivity contribution in [3.8, 4) is 0 Å². The molecule has 1 amide bonds. The third-order valence-corrected chi connectivity index (χ3v) is 4.81. The van der Waals surface area contributed by atoms with Crippen LogP contribution in [0.2, 0.25) is 10.0 Å². The van der Waals surface area contributed by atoms with Crippen LogP contribution in [0.1, 0.15) is 25.5 Å². The normalized spacial score (nSPS) is 12.3. The van der Waals surface area contributed by atoms with Gasteiger partial charge in [-0.15, -0.1) is 0 Å². The van der Waals surface area contributed by atoms with E-state index in [2.05, 4.69) is 10.3 Å². The average molecular weight is 404 g/mol. The van der Waals surface area contributed by atoms with Crippen LogP contribution < -0.4 is 10.9 Å². The molecule has 140 valence electrons. The minimum Gasteiger partial charge on any atom is -0.347 e. The summed E-state index contributed by atoms with van der Waals surface area (Å²) in [7, 11) is 0. The fraction of sp³-hybridized carbons (Fsp3) is 0.250. The van der Waals surface area contributed by atoms with Crippen LogP contribution in [-0.4, -0.2) is 15.5 Å². The zero-order chi connectivity index (χ0) is 19.6. The van der Waals surface area contributed by atoms with Crippen LogP contribution >= 0.6 is 23.2 Å². The zero-order valence-corrected chi connectivity index (χ0v) is 16.5. The van der Waals surface area contributed by atoms with Gasteiger partial charge in [0.2, 0.25) is 5.91 Å². The molecule has 0 saturated heterocycles. The average Bonchev–Trinajstić information content (AvgIpc) is 2.63. The molecule has 0 aliphatic carbocycles. The minimum absolute atomic E-state index is 0.137. The smallest absolute Gasteiger partial charge is 0.261 e. The molecule has 0 bridgehead atoms. The van der Waals surface area contributed by atoms with Gasteiger partial charge in [0.15, 0.2) is 0 Å². The largest absolute Gasteiger partial charge is 0.347 e. The van der Waals surface area contributed by atoms with Gasteiger partial charge in [0, 0.05) is 5.02 Å². The summed E-state index contributed by atoms with van der Waals surface area (Å²) in [6.45, 7) is 3.93. The molecule has 0 aliphatic rings. The Bertz CT molecular complexity index is 1030. The monoisotopic (exact) mass is 403 g/mol. The first-order valence-corrected chi connectivity index (χ1v) is 9.31. The van der Waals surface area contributed by atoms with Gasteiger partial charge >= 0.3 is 0 Å². The van der Waals surface area contributed by atoms with E-state index in [1.54, 1.807) is 0 Å². The SMILES string of the molecule is CC(C)C(NC(=O)Cn1cnc2c(Cl)cc(Cl)cc2c1=O)c1ccccc1. The van der Waals surface area contributed by atoms with Gasteiger partial charge in [0.1, 0.15) is 6.54 Å². The lowest BCUT2D eigenvalue weighted by atomic mass is 9.96. The molecule has 0 spiro atoms. The number of halogens is 2. The van der Waals surface area contributed by atoms with Crippen LogP contribution in [0.5, 0.6) is 0 Å². The van der Waals surface area contributed by atoms with Crippen molar-refractivity contribution in [1.29, 1.82) is 0 Å². The summed E-state index contributed by atoms with van der Waals surface area (Å²) in [4.78, 5) is 29.5. The van der Waals surface area contributed by atoms with E-state index in [-0.39, 0.29) is 35.4 Å². The first-order valence-electron chi connectivity index (χ1n) is 8.55. The van der Waals surface area contributed by atoms with Crippen LogP contribution in [0.4, 0.5) is 0 Å². The lowest BCUT2D eigenvalue weighted by Gasteiger charge is -2.23. The lowest BCUT2D eigenvalue weighted by molar-refractivity contribution is -0.122. The first-order chi connectivity index (χ1) is 12.9. The van der Waals surface area contributed by atoms with Gasteiger partial charge in [0.05, 0.1) is 28.3 Å². The summed E-state index contributed by atoms with van der Waals surface area (Å²) in [6, 6.07) is 12.6. The van der Waals surface area contributed by atoms with Crippen molar-refractivity contribution >= 4 is 40.0 Å². The van der Waals surface area contributed by atoms with Gasteiger partial charge in [-0.1, -0.05) is 67.4 Å². The number of nitrogens with zero attached hydrogens (tertiary/aromatic N) is 2. The number of aromatic nitrogens is 2. The second-order valence-corrected chi connectivity index (χ2v) is 7.50. The van der Waals surface area contributed by atoms with E-state index in [4.69, 9.17) is 23.2 Å². The molecule has 1 unspecified atom stereocenters. The summed E-state index contributed by atoms with van der Waals surface area (Å²) in [5.41, 5.74) is 1.02. The molecule has 7 heteroatoms. The van der Waals surface area contributed by atoms with Crippen molar-refractivity contribution in [2.24, 2.45) is 5.92 Å². The number of hydrogen-bond acceptors (Lipinski definition) is 3. The van der Waals surface area contributed by atoms with E-state index in [0.717, 1.165) is 5.56 Å². The highest BCUT2D eigenvalue weighted by Crippen LogP contribution is 2.24. The highest BCUT2D eigenvalue weighted by molar-refractivity contribution is 6.38. The minimum atomic E-state index is -0.361. The molecular formula is C20H19Cl2N3O2. The molecule has 27 heavy (non-hydrogen) atoms. The third kappa shape index (κ3) is 4.31. The highest BCUT2D eigenvalue weighted by atomic mass is 35.5. The molecule has 3 rings (SSSR count).